The number of hydrogen-bond donors (Lipinski definition) is 1. The highest BCUT2D eigenvalue weighted by molar-refractivity contribution is 6.30. The third-order valence-corrected chi connectivity index (χ3v) is 3.89. The summed E-state index contributed by atoms with van der Waals surface area (Å²) in [6.45, 7) is 0.764. The Hall–Kier alpha value is -2.79. The maximum Gasteiger partial charge on any atom is 0.249 e. The Labute approximate surface area is 151 Å². The molecule has 0 aliphatic heterocycles. The molecule has 0 spiro atoms. The molecule has 3 rings (SSSR count). The lowest BCUT2D eigenvalue weighted by atomic mass is 10.1. The first-order valence-electron chi connectivity index (χ1n) is 7.94. The van der Waals surface area contributed by atoms with Crippen LogP contribution in [0.5, 0.6) is 5.75 Å². The average molecular weight is 356 g/mol. The summed E-state index contributed by atoms with van der Waals surface area (Å²) in [6.07, 6.45) is 3.44. The van der Waals surface area contributed by atoms with Gasteiger partial charge < -0.3 is 10.1 Å². The van der Waals surface area contributed by atoms with Crippen molar-refractivity contribution in [3.05, 3.63) is 83.6 Å². The number of aromatic nitrogens is 2. The molecule has 5 nitrogen and oxygen atoms in total. The second kappa shape index (κ2) is 8.35. The minimum absolute atomic E-state index is 0.130. The van der Waals surface area contributed by atoms with Gasteiger partial charge in [0, 0.05) is 17.4 Å². The maximum absolute atomic E-state index is 12.7. The van der Waals surface area contributed by atoms with Gasteiger partial charge in [0.05, 0.1) is 6.54 Å². The molecule has 1 heterocycles. The van der Waals surface area contributed by atoms with Gasteiger partial charge in [0.2, 0.25) is 5.91 Å². The lowest BCUT2D eigenvalue weighted by Gasteiger charge is -2.18. The van der Waals surface area contributed by atoms with Crippen LogP contribution < -0.4 is 10.1 Å². The molecule has 0 bridgehead atoms. The Morgan fingerprint density at radius 3 is 2.56 bits per heavy atom. The van der Waals surface area contributed by atoms with Crippen LogP contribution in [-0.4, -0.2) is 28.8 Å². The molecule has 1 aromatic heterocycles. The smallest absolute Gasteiger partial charge is 0.249 e. The zero-order valence-electron chi connectivity index (χ0n) is 13.5. The molecule has 128 valence electrons. The van der Waals surface area contributed by atoms with Crippen LogP contribution in [0.4, 0.5) is 0 Å². The van der Waals surface area contributed by atoms with Crippen LogP contribution in [0, 0.1) is 0 Å². The van der Waals surface area contributed by atoms with Crippen LogP contribution in [0.15, 0.2) is 73.1 Å². The third kappa shape index (κ3) is 4.61. The number of ether oxygens (including phenoxy) is 1. The third-order valence-electron chi connectivity index (χ3n) is 3.64. The fourth-order valence-corrected chi connectivity index (χ4v) is 2.59. The van der Waals surface area contributed by atoms with E-state index in [-0.39, 0.29) is 5.91 Å². The number of benzene rings is 2. The van der Waals surface area contributed by atoms with E-state index in [1.807, 2.05) is 30.3 Å². The minimum atomic E-state index is -0.508. The van der Waals surface area contributed by atoms with Crippen molar-refractivity contribution in [3.63, 3.8) is 0 Å². The van der Waals surface area contributed by atoms with Crippen molar-refractivity contribution >= 4 is 17.5 Å². The minimum Gasteiger partial charge on any atom is -0.492 e. The van der Waals surface area contributed by atoms with Crippen molar-refractivity contribution in [1.82, 2.24) is 15.1 Å². The van der Waals surface area contributed by atoms with Gasteiger partial charge in [0.25, 0.3) is 0 Å². The number of nitrogens with zero attached hydrogens (tertiary/aromatic N) is 2. The second-order valence-corrected chi connectivity index (χ2v) is 5.83. The highest BCUT2D eigenvalue weighted by Crippen LogP contribution is 2.18. The quantitative estimate of drug-likeness (QED) is 0.661. The van der Waals surface area contributed by atoms with E-state index in [2.05, 4.69) is 10.4 Å². The molecule has 0 aliphatic rings. The predicted molar refractivity (Wildman–Crippen MR) is 96.8 cm³/mol. The normalized spacial score (nSPS) is 11.7. The summed E-state index contributed by atoms with van der Waals surface area (Å²) in [4.78, 5) is 12.7. The van der Waals surface area contributed by atoms with Crippen LogP contribution in [-0.2, 0) is 4.79 Å². The van der Waals surface area contributed by atoms with Gasteiger partial charge in [-0.05, 0) is 35.9 Å². The van der Waals surface area contributed by atoms with Crippen LogP contribution in [0.3, 0.4) is 0 Å². The van der Waals surface area contributed by atoms with Gasteiger partial charge in [0.1, 0.15) is 12.4 Å². The van der Waals surface area contributed by atoms with Gasteiger partial charge in [-0.25, -0.2) is 0 Å². The molecule has 0 aliphatic carbocycles. The number of rotatable bonds is 7. The van der Waals surface area contributed by atoms with Crippen molar-refractivity contribution in [2.75, 3.05) is 13.2 Å². The Balaban J connectivity index is 1.58. The van der Waals surface area contributed by atoms with Crippen LogP contribution in [0.25, 0.3) is 0 Å². The zero-order valence-corrected chi connectivity index (χ0v) is 14.3. The van der Waals surface area contributed by atoms with Gasteiger partial charge in [0.15, 0.2) is 6.04 Å². The Bertz CT molecular complexity index is 789. The largest absolute Gasteiger partial charge is 0.492 e. The van der Waals surface area contributed by atoms with E-state index < -0.39 is 6.04 Å². The van der Waals surface area contributed by atoms with E-state index >= 15 is 0 Å². The number of carbonyl (C=O) groups is 1. The van der Waals surface area contributed by atoms with Crippen molar-refractivity contribution in [1.29, 1.82) is 0 Å². The summed E-state index contributed by atoms with van der Waals surface area (Å²) in [5, 5.41) is 7.77. The number of carbonyl (C=O) groups excluding carboxylic acids is 1. The van der Waals surface area contributed by atoms with E-state index in [0.717, 1.165) is 5.56 Å². The molecule has 0 fully saturated rings. The van der Waals surface area contributed by atoms with Crippen molar-refractivity contribution in [2.45, 2.75) is 6.04 Å². The monoisotopic (exact) mass is 355 g/mol. The first-order valence-corrected chi connectivity index (χ1v) is 8.32. The summed E-state index contributed by atoms with van der Waals surface area (Å²) >= 11 is 5.84. The number of halogens is 1. The van der Waals surface area contributed by atoms with Gasteiger partial charge in [-0.1, -0.05) is 41.9 Å². The molecule has 25 heavy (non-hydrogen) atoms. The first-order chi connectivity index (χ1) is 12.2. The van der Waals surface area contributed by atoms with Crippen LogP contribution in [0.2, 0.25) is 5.02 Å². The summed E-state index contributed by atoms with van der Waals surface area (Å²) in [5.74, 6) is 0.583. The van der Waals surface area contributed by atoms with Gasteiger partial charge >= 0.3 is 0 Å². The number of hydrogen-bond acceptors (Lipinski definition) is 3. The lowest BCUT2D eigenvalue weighted by Crippen LogP contribution is -2.35. The molecule has 0 radical (unpaired) electrons. The molecule has 0 saturated carbocycles. The fraction of sp³-hybridized carbons (Fsp3) is 0.158. The zero-order chi connectivity index (χ0) is 17.5. The first kappa shape index (κ1) is 17.0. The number of amides is 1. The summed E-state index contributed by atoms with van der Waals surface area (Å²) < 4.78 is 7.24. The number of nitrogens with one attached hydrogen (secondary N) is 1. The van der Waals surface area contributed by atoms with E-state index in [4.69, 9.17) is 16.3 Å². The highest BCUT2D eigenvalue weighted by Gasteiger charge is 2.22. The molecule has 1 amide bonds. The van der Waals surface area contributed by atoms with Gasteiger partial charge in [-0.3, -0.25) is 9.48 Å². The van der Waals surface area contributed by atoms with Gasteiger partial charge in [-0.2, -0.15) is 5.10 Å². The topological polar surface area (TPSA) is 56.1 Å². The van der Waals surface area contributed by atoms with Crippen LogP contribution in [0.1, 0.15) is 11.6 Å². The van der Waals surface area contributed by atoms with E-state index in [1.165, 1.54) is 0 Å². The molecule has 1 atom stereocenters. The van der Waals surface area contributed by atoms with Crippen molar-refractivity contribution in [3.8, 4) is 5.75 Å². The van der Waals surface area contributed by atoms with Crippen molar-refractivity contribution in [2.24, 2.45) is 0 Å². The Kier molecular flexibility index (Phi) is 5.69. The van der Waals surface area contributed by atoms with Crippen LogP contribution >= 0.6 is 11.6 Å². The maximum atomic E-state index is 12.7. The summed E-state index contributed by atoms with van der Waals surface area (Å²) in [7, 11) is 0. The second-order valence-electron chi connectivity index (χ2n) is 5.39. The van der Waals surface area contributed by atoms with Gasteiger partial charge in [-0.15, -0.1) is 0 Å². The summed E-state index contributed by atoms with van der Waals surface area (Å²) in [6, 6.07) is 18.0. The Morgan fingerprint density at radius 2 is 1.88 bits per heavy atom. The molecule has 0 saturated heterocycles. The average Bonchev–Trinajstić information content (AvgIpc) is 3.15. The standard InChI is InChI=1S/C19H18ClN3O2/c20-16-7-9-17(10-8-16)25-14-12-21-19(24)18(23-13-4-11-22-23)15-5-2-1-3-6-15/h1-11,13,18H,12,14H2,(H,21,24)/t18-/m1/s1. The van der Waals surface area contributed by atoms with Crippen molar-refractivity contribution < 1.29 is 9.53 Å². The molecule has 2 aromatic carbocycles. The molecule has 0 unspecified atom stereocenters. The van der Waals surface area contributed by atoms with E-state index in [9.17, 15) is 4.79 Å². The Morgan fingerprint density at radius 1 is 1.12 bits per heavy atom. The fourth-order valence-electron chi connectivity index (χ4n) is 2.46. The predicted octanol–water partition coefficient (Wildman–Crippen LogP) is 3.32. The van der Waals surface area contributed by atoms with E-state index in [1.54, 1.807) is 47.4 Å². The van der Waals surface area contributed by atoms with E-state index in [0.29, 0.717) is 23.9 Å². The SMILES string of the molecule is O=C(NCCOc1ccc(Cl)cc1)[C@@H](c1ccccc1)n1cccn1. The molecular formula is C19H18ClN3O2. The molecule has 1 N–H and O–H groups in total. The highest BCUT2D eigenvalue weighted by atomic mass is 35.5. The summed E-state index contributed by atoms with van der Waals surface area (Å²) in [5.41, 5.74) is 0.877. The molecule has 3 aromatic rings. The molecular weight excluding hydrogens is 338 g/mol. The molecule has 6 heteroatoms. The lowest BCUT2D eigenvalue weighted by molar-refractivity contribution is -0.123.